The zero-order chi connectivity index (χ0) is 21.0. The third-order valence-corrected chi connectivity index (χ3v) is 3.88. The third kappa shape index (κ3) is 15.0. The van der Waals surface area contributed by atoms with Crippen molar-refractivity contribution in [2.75, 3.05) is 33.0 Å². The molecular formula is C22H34N2O4. The predicted molar refractivity (Wildman–Crippen MR) is 109 cm³/mol. The summed E-state index contributed by atoms with van der Waals surface area (Å²) in [6.07, 6.45) is 3.09. The average molecular weight is 391 g/mol. The normalized spacial score (nSPS) is 12.1. The summed E-state index contributed by atoms with van der Waals surface area (Å²) in [5, 5.41) is 16.8. The van der Waals surface area contributed by atoms with Crippen LogP contribution in [0.5, 0.6) is 5.75 Å². The molecule has 2 unspecified atom stereocenters. The summed E-state index contributed by atoms with van der Waals surface area (Å²) in [6, 6.07) is 11.1. The molecule has 0 heterocycles. The molecule has 0 N–H and O–H groups in total. The summed E-state index contributed by atoms with van der Waals surface area (Å²) < 4.78 is 21.4. The number of benzene rings is 1. The molecule has 156 valence electrons. The van der Waals surface area contributed by atoms with Crippen molar-refractivity contribution in [1.29, 1.82) is 10.5 Å². The van der Waals surface area contributed by atoms with Gasteiger partial charge in [0.1, 0.15) is 12.4 Å². The molecule has 0 aliphatic rings. The molecule has 0 aliphatic carbocycles. The highest BCUT2D eigenvalue weighted by molar-refractivity contribution is 5.34. The van der Waals surface area contributed by atoms with Gasteiger partial charge in [-0.3, -0.25) is 0 Å². The van der Waals surface area contributed by atoms with Gasteiger partial charge in [0.25, 0.3) is 0 Å². The number of nitriles is 2. The van der Waals surface area contributed by atoms with Crippen molar-refractivity contribution in [2.45, 2.75) is 59.2 Å². The van der Waals surface area contributed by atoms with Crippen LogP contribution in [0, 0.1) is 22.7 Å². The lowest BCUT2D eigenvalue weighted by atomic mass is 10.2. The molecule has 6 heteroatoms. The summed E-state index contributed by atoms with van der Waals surface area (Å²) in [4.78, 5) is 0. The van der Waals surface area contributed by atoms with Gasteiger partial charge in [-0.05, 0) is 51.0 Å². The number of nitrogens with zero attached hydrogens (tertiary/aromatic N) is 2. The molecule has 0 aromatic heterocycles. The second kappa shape index (κ2) is 18.3. The van der Waals surface area contributed by atoms with Gasteiger partial charge in [-0.25, -0.2) is 0 Å². The summed E-state index contributed by atoms with van der Waals surface area (Å²) in [6.45, 7) is 11.1. The van der Waals surface area contributed by atoms with E-state index in [0.717, 1.165) is 18.6 Å². The number of rotatable bonds is 13. The first kappa shape index (κ1) is 25.9. The highest BCUT2D eigenvalue weighted by atomic mass is 16.5. The lowest BCUT2D eigenvalue weighted by molar-refractivity contribution is 0.0124. The quantitative estimate of drug-likeness (QED) is 0.462. The monoisotopic (exact) mass is 390 g/mol. The fraction of sp³-hybridized carbons (Fsp3) is 0.636. The van der Waals surface area contributed by atoms with E-state index in [1.807, 2.05) is 19.9 Å². The highest BCUT2D eigenvalue weighted by Gasteiger charge is 1.99. The number of hydrogen-bond donors (Lipinski definition) is 0. The zero-order valence-electron chi connectivity index (χ0n) is 17.6. The Morgan fingerprint density at radius 3 is 1.89 bits per heavy atom. The first-order valence-electron chi connectivity index (χ1n) is 9.88. The Labute approximate surface area is 170 Å². The van der Waals surface area contributed by atoms with Crippen LogP contribution in [-0.2, 0) is 14.2 Å². The van der Waals surface area contributed by atoms with Gasteiger partial charge < -0.3 is 18.9 Å². The standard InChI is InChI=1S/C13H17NO2.C9H17NO2/c1-3-11(2)15-8-9-16-13-6-4-12(10-14)5-7-13;1-3-9(2)12-8-7-11-6-4-5-10/h4-7,11H,3,8-9H2,1-2H3;9H,3-4,6-8H2,1-2H3. The molecule has 0 saturated heterocycles. The van der Waals surface area contributed by atoms with E-state index in [1.54, 1.807) is 24.3 Å². The van der Waals surface area contributed by atoms with Gasteiger partial charge in [0, 0.05) is 0 Å². The van der Waals surface area contributed by atoms with Gasteiger partial charge in [0.15, 0.2) is 0 Å². The van der Waals surface area contributed by atoms with E-state index in [0.29, 0.717) is 51.1 Å². The van der Waals surface area contributed by atoms with Crippen molar-refractivity contribution >= 4 is 0 Å². The Morgan fingerprint density at radius 2 is 1.39 bits per heavy atom. The highest BCUT2D eigenvalue weighted by Crippen LogP contribution is 2.11. The van der Waals surface area contributed by atoms with E-state index < -0.39 is 0 Å². The van der Waals surface area contributed by atoms with E-state index in [1.165, 1.54) is 0 Å². The Hall–Kier alpha value is -2.12. The van der Waals surface area contributed by atoms with Crippen LogP contribution in [0.2, 0.25) is 0 Å². The fourth-order valence-corrected chi connectivity index (χ4v) is 1.80. The predicted octanol–water partition coefficient (Wildman–Crippen LogP) is 4.48. The minimum atomic E-state index is 0.282. The molecule has 1 rings (SSSR count). The van der Waals surface area contributed by atoms with Crippen LogP contribution in [0.1, 0.15) is 52.5 Å². The maximum Gasteiger partial charge on any atom is 0.119 e. The van der Waals surface area contributed by atoms with Crippen molar-refractivity contribution in [3.63, 3.8) is 0 Å². The molecule has 6 nitrogen and oxygen atoms in total. The Morgan fingerprint density at radius 1 is 0.821 bits per heavy atom. The van der Waals surface area contributed by atoms with Crippen molar-refractivity contribution < 1.29 is 18.9 Å². The molecule has 0 amide bonds. The van der Waals surface area contributed by atoms with Gasteiger partial charge in [0.2, 0.25) is 0 Å². The smallest absolute Gasteiger partial charge is 0.119 e. The Balaban J connectivity index is 0.000000546. The van der Waals surface area contributed by atoms with E-state index in [2.05, 4.69) is 19.9 Å². The fourth-order valence-electron chi connectivity index (χ4n) is 1.80. The zero-order valence-corrected chi connectivity index (χ0v) is 17.6. The third-order valence-electron chi connectivity index (χ3n) is 3.88. The van der Waals surface area contributed by atoms with E-state index >= 15 is 0 Å². The molecule has 0 saturated carbocycles. The molecular weight excluding hydrogens is 356 g/mol. The van der Waals surface area contributed by atoms with Crippen molar-refractivity contribution in [3.05, 3.63) is 29.8 Å². The van der Waals surface area contributed by atoms with Crippen LogP contribution in [0.25, 0.3) is 0 Å². The van der Waals surface area contributed by atoms with Crippen LogP contribution in [-0.4, -0.2) is 45.2 Å². The first-order chi connectivity index (χ1) is 13.6. The van der Waals surface area contributed by atoms with Gasteiger partial charge in [-0.1, -0.05) is 13.8 Å². The molecule has 0 fully saturated rings. The summed E-state index contributed by atoms with van der Waals surface area (Å²) in [7, 11) is 0. The Kier molecular flexibility index (Phi) is 16.9. The summed E-state index contributed by atoms with van der Waals surface area (Å²) in [5.74, 6) is 0.770. The molecule has 0 radical (unpaired) electrons. The molecule has 0 bridgehead atoms. The van der Waals surface area contributed by atoms with Crippen molar-refractivity contribution in [3.8, 4) is 17.9 Å². The Bertz CT molecular complexity index is 563. The van der Waals surface area contributed by atoms with Gasteiger partial charge >= 0.3 is 0 Å². The van der Waals surface area contributed by atoms with Crippen molar-refractivity contribution in [1.82, 2.24) is 0 Å². The second-order valence-electron chi connectivity index (χ2n) is 6.18. The van der Waals surface area contributed by atoms with E-state index in [9.17, 15) is 0 Å². The first-order valence-corrected chi connectivity index (χ1v) is 9.88. The maximum absolute atomic E-state index is 8.62. The van der Waals surface area contributed by atoms with Gasteiger partial charge in [-0.15, -0.1) is 0 Å². The molecule has 28 heavy (non-hydrogen) atoms. The number of hydrogen-bond acceptors (Lipinski definition) is 6. The lowest BCUT2D eigenvalue weighted by Gasteiger charge is -2.11. The van der Waals surface area contributed by atoms with Crippen LogP contribution in [0.3, 0.4) is 0 Å². The average Bonchev–Trinajstić information content (AvgIpc) is 2.74. The summed E-state index contributed by atoms with van der Waals surface area (Å²) >= 11 is 0. The topological polar surface area (TPSA) is 84.5 Å². The minimum absolute atomic E-state index is 0.282. The van der Waals surface area contributed by atoms with Crippen LogP contribution >= 0.6 is 0 Å². The largest absolute Gasteiger partial charge is 0.491 e. The van der Waals surface area contributed by atoms with Crippen LogP contribution in [0.15, 0.2) is 24.3 Å². The molecule has 2 atom stereocenters. The SMILES string of the molecule is CCC(C)OCCOCCC#N.CCC(C)OCCOc1ccc(C#N)cc1. The van der Waals surface area contributed by atoms with E-state index in [-0.39, 0.29) is 6.10 Å². The minimum Gasteiger partial charge on any atom is -0.491 e. The summed E-state index contributed by atoms with van der Waals surface area (Å²) in [5.41, 5.74) is 0.642. The maximum atomic E-state index is 8.62. The molecule has 0 spiro atoms. The van der Waals surface area contributed by atoms with Gasteiger partial charge in [0.05, 0.1) is 62.8 Å². The second-order valence-corrected chi connectivity index (χ2v) is 6.18. The number of ether oxygens (including phenoxy) is 4. The van der Waals surface area contributed by atoms with Crippen molar-refractivity contribution in [2.24, 2.45) is 0 Å². The molecule has 1 aromatic carbocycles. The van der Waals surface area contributed by atoms with E-state index in [4.69, 9.17) is 29.5 Å². The van der Waals surface area contributed by atoms with Crippen LogP contribution < -0.4 is 4.74 Å². The lowest BCUT2D eigenvalue weighted by Crippen LogP contribution is -2.13. The van der Waals surface area contributed by atoms with Crippen LogP contribution in [0.4, 0.5) is 0 Å². The van der Waals surface area contributed by atoms with Gasteiger partial charge in [-0.2, -0.15) is 10.5 Å². The molecule has 0 aliphatic heterocycles. The molecule has 1 aromatic rings.